The summed E-state index contributed by atoms with van der Waals surface area (Å²) in [5.74, 6) is -0.0744. The van der Waals surface area contributed by atoms with Crippen LogP contribution in [0.15, 0.2) is 97.3 Å². The first-order chi connectivity index (χ1) is 25.9. The topological polar surface area (TPSA) is 115 Å². The maximum atomic E-state index is 14.3. The number of ether oxygens (including phenoxy) is 1. The molecule has 6 aromatic rings. The van der Waals surface area contributed by atoms with E-state index in [2.05, 4.69) is 37.5 Å². The third-order valence-corrected chi connectivity index (χ3v) is 9.75. The number of benzene rings is 3. The summed E-state index contributed by atoms with van der Waals surface area (Å²) in [6.45, 7) is 2.97. The van der Waals surface area contributed by atoms with Crippen molar-refractivity contribution in [3.63, 3.8) is 0 Å². The number of fused-ring (bicyclic) bond motifs is 1. The van der Waals surface area contributed by atoms with Crippen LogP contribution in [0.5, 0.6) is 5.75 Å². The summed E-state index contributed by atoms with van der Waals surface area (Å²) >= 11 is 1.32. The fraction of sp³-hybridized carbons (Fsp3) is 0.231. The first-order valence-corrected chi connectivity index (χ1v) is 18.0. The van der Waals surface area contributed by atoms with Gasteiger partial charge in [0.1, 0.15) is 28.7 Å². The van der Waals surface area contributed by atoms with Crippen molar-refractivity contribution in [2.24, 2.45) is 0 Å². The number of nitrogens with one attached hydrogen (secondary N) is 2. The molecule has 0 atom stereocenters. The van der Waals surface area contributed by atoms with Crippen molar-refractivity contribution in [2.75, 3.05) is 50.2 Å². The van der Waals surface area contributed by atoms with Crippen molar-refractivity contribution in [2.45, 2.75) is 18.8 Å². The molecule has 2 N–H and O–H groups in total. The van der Waals surface area contributed by atoms with Gasteiger partial charge in [0.25, 0.3) is 5.91 Å². The minimum atomic E-state index is -0.865. The standard InChI is InChI=1S/C39H37F2N7O4S/c1-50-33-24-26(25-15-19-47(20-16-25)21-22-53-52-51-2)12-13-31(33)43-39-42-17-14-32(44-39)37-35(45-34-11-3-4-18-48(34)37)27-7-5-8-28(23-27)38(49)46-36-29(40)9-6-10-30(36)41/h3-14,17-18,23-25H,15-16,19-22H2,1-2H3,(H,46,49)(H,42,43,44). The fourth-order valence-corrected chi connectivity index (χ4v) is 7.02. The van der Waals surface area contributed by atoms with Crippen molar-refractivity contribution in [1.82, 2.24) is 24.3 Å². The Balaban J connectivity index is 1.12. The van der Waals surface area contributed by atoms with Gasteiger partial charge in [0, 0.05) is 47.9 Å². The number of likely N-dealkylation sites (tertiary alicyclic amines) is 1. The van der Waals surface area contributed by atoms with Gasteiger partial charge in [-0.15, -0.1) is 0 Å². The average molecular weight is 738 g/mol. The first kappa shape index (κ1) is 36.0. The molecule has 0 radical (unpaired) electrons. The van der Waals surface area contributed by atoms with Crippen molar-refractivity contribution < 1.29 is 27.5 Å². The second kappa shape index (κ2) is 16.5. The number of aromatic nitrogens is 4. The number of hydrogen-bond acceptors (Lipinski definition) is 10. The summed E-state index contributed by atoms with van der Waals surface area (Å²) < 4.78 is 41.2. The number of para-hydroxylation sites is 1. The summed E-state index contributed by atoms with van der Waals surface area (Å²) in [4.78, 5) is 34.5. The molecular formula is C39H37F2N7O4S. The molecule has 1 amide bonds. The molecule has 53 heavy (non-hydrogen) atoms. The zero-order valence-corrected chi connectivity index (χ0v) is 29.9. The van der Waals surface area contributed by atoms with Gasteiger partial charge in [-0.3, -0.25) is 9.20 Å². The molecule has 1 aliphatic rings. The van der Waals surface area contributed by atoms with Gasteiger partial charge in [-0.05, 0) is 92.0 Å². The third-order valence-electron chi connectivity index (χ3n) is 9.17. The number of methoxy groups -OCH3 is 1. The molecule has 7 rings (SSSR count). The maximum absolute atomic E-state index is 14.3. The number of imidazole rings is 1. The molecule has 3 aromatic carbocycles. The Morgan fingerprint density at radius 1 is 0.943 bits per heavy atom. The number of rotatable bonds is 13. The van der Waals surface area contributed by atoms with Gasteiger partial charge in [0.05, 0.1) is 37.0 Å². The SMILES string of the molecule is COOSCCN1CCC(c2ccc(Nc3nccc(-c4c(-c5cccc(C(=O)Nc6c(F)cccc6F)c5)nc5ccccn45)n3)c(OC)c2)CC1. The third kappa shape index (κ3) is 8.15. The fourth-order valence-electron chi connectivity index (χ4n) is 6.53. The average Bonchev–Trinajstić information content (AvgIpc) is 3.58. The normalized spacial score (nSPS) is 13.7. The van der Waals surface area contributed by atoms with Crippen LogP contribution in [0.2, 0.25) is 0 Å². The highest BCUT2D eigenvalue weighted by atomic mass is 32.2. The number of carbonyl (C=O) groups is 1. The Labute approximate surface area is 309 Å². The number of halogens is 2. The zero-order valence-electron chi connectivity index (χ0n) is 29.1. The lowest BCUT2D eigenvalue weighted by atomic mass is 9.89. The van der Waals surface area contributed by atoms with Gasteiger partial charge in [-0.25, -0.2) is 28.6 Å². The van der Waals surface area contributed by atoms with Crippen LogP contribution in [0.3, 0.4) is 0 Å². The van der Waals surface area contributed by atoms with Crippen LogP contribution in [0, 0.1) is 11.6 Å². The lowest BCUT2D eigenvalue weighted by Crippen LogP contribution is -2.34. The largest absolute Gasteiger partial charge is 0.495 e. The quantitative estimate of drug-likeness (QED) is 0.0521. The molecule has 4 heterocycles. The second-order valence-corrected chi connectivity index (χ2v) is 13.2. The number of pyridine rings is 1. The highest BCUT2D eigenvalue weighted by Gasteiger charge is 2.23. The predicted octanol–water partition coefficient (Wildman–Crippen LogP) is 8.15. The molecule has 0 aliphatic carbocycles. The number of amides is 1. The van der Waals surface area contributed by atoms with Crippen LogP contribution in [-0.4, -0.2) is 69.8 Å². The van der Waals surface area contributed by atoms with Crippen LogP contribution in [0.25, 0.3) is 28.3 Å². The van der Waals surface area contributed by atoms with E-state index in [1.807, 2.05) is 40.9 Å². The molecular weight excluding hydrogens is 701 g/mol. The monoisotopic (exact) mass is 737 g/mol. The van der Waals surface area contributed by atoms with Crippen LogP contribution < -0.4 is 15.4 Å². The molecule has 0 unspecified atom stereocenters. The molecule has 3 aromatic heterocycles. The summed E-state index contributed by atoms with van der Waals surface area (Å²) in [5, 5.41) is 5.69. The summed E-state index contributed by atoms with van der Waals surface area (Å²) in [6.07, 6.45) is 5.65. The number of nitrogens with zero attached hydrogens (tertiary/aromatic N) is 5. The molecule has 0 saturated carbocycles. The molecule has 1 fully saturated rings. The van der Waals surface area contributed by atoms with Gasteiger partial charge in [-0.2, -0.15) is 4.33 Å². The summed E-state index contributed by atoms with van der Waals surface area (Å²) in [7, 11) is 3.16. The molecule has 272 valence electrons. The predicted molar refractivity (Wildman–Crippen MR) is 201 cm³/mol. The number of hydrogen-bond donors (Lipinski definition) is 2. The minimum absolute atomic E-state index is 0.200. The Morgan fingerprint density at radius 3 is 2.55 bits per heavy atom. The van der Waals surface area contributed by atoms with Gasteiger partial charge in [-0.1, -0.05) is 30.3 Å². The lowest BCUT2D eigenvalue weighted by molar-refractivity contribution is -0.160. The van der Waals surface area contributed by atoms with Crippen LogP contribution >= 0.6 is 12.0 Å². The van der Waals surface area contributed by atoms with Gasteiger partial charge < -0.3 is 20.3 Å². The zero-order chi connectivity index (χ0) is 36.7. The number of carbonyl (C=O) groups excluding carboxylic acids is 1. The Kier molecular flexibility index (Phi) is 11.2. The van der Waals surface area contributed by atoms with E-state index >= 15 is 0 Å². The molecule has 0 bridgehead atoms. The smallest absolute Gasteiger partial charge is 0.255 e. The molecule has 14 heteroatoms. The summed E-state index contributed by atoms with van der Waals surface area (Å²) in [5.41, 5.74) is 4.72. The Bertz CT molecular complexity index is 2210. The van der Waals surface area contributed by atoms with E-state index in [0.717, 1.165) is 56.0 Å². The molecule has 0 spiro atoms. The van der Waals surface area contributed by atoms with Gasteiger partial charge in [0.15, 0.2) is 0 Å². The van der Waals surface area contributed by atoms with Crippen LogP contribution in [0.1, 0.15) is 34.7 Å². The van der Waals surface area contributed by atoms with Crippen LogP contribution in [0.4, 0.5) is 26.1 Å². The van der Waals surface area contributed by atoms with Crippen molar-refractivity contribution >= 4 is 40.9 Å². The van der Waals surface area contributed by atoms with Gasteiger partial charge in [0.2, 0.25) is 5.95 Å². The molecule has 1 saturated heterocycles. The maximum Gasteiger partial charge on any atom is 0.255 e. The van der Waals surface area contributed by atoms with Crippen molar-refractivity contribution in [3.8, 4) is 28.4 Å². The summed E-state index contributed by atoms with van der Waals surface area (Å²) in [6, 6.07) is 23.8. The van der Waals surface area contributed by atoms with E-state index in [9.17, 15) is 13.6 Å². The molecule has 1 aliphatic heterocycles. The Morgan fingerprint density at radius 2 is 1.75 bits per heavy atom. The number of piperidine rings is 1. The van der Waals surface area contributed by atoms with Crippen molar-refractivity contribution in [3.05, 3.63) is 120 Å². The molecule has 11 nitrogen and oxygen atoms in total. The van der Waals surface area contributed by atoms with Crippen molar-refractivity contribution in [1.29, 1.82) is 0 Å². The first-order valence-electron chi connectivity index (χ1n) is 17.1. The highest BCUT2D eigenvalue weighted by Crippen LogP contribution is 2.36. The van der Waals surface area contributed by atoms with E-state index in [-0.39, 0.29) is 5.56 Å². The van der Waals surface area contributed by atoms with Gasteiger partial charge >= 0.3 is 0 Å². The minimum Gasteiger partial charge on any atom is -0.495 e. The van der Waals surface area contributed by atoms with E-state index < -0.39 is 23.2 Å². The second-order valence-electron chi connectivity index (χ2n) is 12.4. The van der Waals surface area contributed by atoms with E-state index in [1.165, 1.54) is 30.8 Å². The highest BCUT2D eigenvalue weighted by molar-refractivity contribution is 7.94. The van der Waals surface area contributed by atoms with E-state index in [4.69, 9.17) is 19.0 Å². The lowest BCUT2D eigenvalue weighted by Gasteiger charge is -2.32. The van der Waals surface area contributed by atoms with E-state index in [0.29, 0.717) is 45.9 Å². The Hall–Kier alpha value is -5.41. The van der Waals surface area contributed by atoms with E-state index in [1.54, 1.807) is 37.6 Å². The number of anilines is 3. The van der Waals surface area contributed by atoms with Crippen LogP contribution in [-0.2, 0) is 9.22 Å².